The Morgan fingerprint density at radius 2 is 2.18 bits per heavy atom. The highest BCUT2D eigenvalue weighted by Gasteiger charge is 2.28. The van der Waals surface area contributed by atoms with Crippen molar-refractivity contribution in [2.45, 2.75) is 32.7 Å². The Morgan fingerprint density at radius 3 is 2.82 bits per heavy atom. The summed E-state index contributed by atoms with van der Waals surface area (Å²) in [6, 6.07) is 3.67. The Labute approximate surface area is 110 Å². The molecule has 0 aromatic heterocycles. The fraction of sp³-hybridized carbons (Fsp3) is 0.538. The van der Waals surface area contributed by atoms with Gasteiger partial charge < -0.3 is 10.6 Å². The third-order valence-corrected chi connectivity index (χ3v) is 4.06. The number of nitrogens with zero attached hydrogens (tertiary/aromatic N) is 1. The zero-order chi connectivity index (χ0) is 12.6. The van der Waals surface area contributed by atoms with Gasteiger partial charge in [0.15, 0.2) is 0 Å². The minimum Gasteiger partial charge on any atom is -0.397 e. The quantitative estimate of drug-likeness (QED) is 0.842. The lowest BCUT2D eigenvalue weighted by Gasteiger charge is -2.30. The number of anilines is 2. The molecule has 0 amide bonds. The van der Waals surface area contributed by atoms with Crippen molar-refractivity contribution in [3.8, 4) is 0 Å². The van der Waals surface area contributed by atoms with E-state index in [0.717, 1.165) is 25.1 Å². The second kappa shape index (κ2) is 4.84. The lowest BCUT2D eigenvalue weighted by Crippen LogP contribution is -2.33. The first-order chi connectivity index (χ1) is 8.00. The molecular weight excluding hydrogens is 283 g/mol. The van der Waals surface area contributed by atoms with Crippen molar-refractivity contribution in [2.24, 2.45) is 5.92 Å². The van der Waals surface area contributed by atoms with E-state index in [0.29, 0.717) is 22.1 Å². The highest BCUT2D eigenvalue weighted by atomic mass is 79.9. The Balaban J connectivity index is 2.36. The molecule has 1 aliphatic heterocycles. The van der Waals surface area contributed by atoms with Crippen molar-refractivity contribution in [1.29, 1.82) is 0 Å². The second-order valence-electron chi connectivity index (χ2n) is 4.97. The molecule has 1 unspecified atom stereocenters. The van der Waals surface area contributed by atoms with E-state index >= 15 is 0 Å². The van der Waals surface area contributed by atoms with Crippen LogP contribution in [0.5, 0.6) is 0 Å². The molecule has 2 N–H and O–H groups in total. The molecule has 1 aliphatic rings. The maximum atomic E-state index is 13.6. The number of halogens is 2. The summed E-state index contributed by atoms with van der Waals surface area (Å²) in [6.07, 6.45) is 2.31. The molecular formula is C13H18BrFN2. The topological polar surface area (TPSA) is 29.3 Å². The van der Waals surface area contributed by atoms with Gasteiger partial charge in [-0.3, -0.25) is 0 Å². The second-order valence-corrected chi connectivity index (χ2v) is 5.83. The molecule has 0 radical (unpaired) electrons. The van der Waals surface area contributed by atoms with Crippen molar-refractivity contribution >= 4 is 27.3 Å². The molecule has 1 heterocycles. The van der Waals surface area contributed by atoms with Crippen molar-refractivity contribution in [3.05, 3.63) is 22.4 Å². The maximum absolute atomic E-state index is 13.6. The maximum Gasteiger partial charge on any atom is 0.139 e. The van der Waals surface area contributed by atoms with Crippen LogP contribution in [-0.4, -0.2) is 12.6 Å². The van der Waals surface area contributed by atoms with Crippen molar-refractivity contribution in [2.75, 3.05) is 17.2 Å². The van der Waals surface area contributed by atoms with Crippen LogP contribution in [0, 0.1) is 11.7 Å². The third kappa shape index (κ3) is 2.41. The number of nitrogens with two attached hydrogens (primary N) is 1. The Bertz CT molecular complexity index is 420. The smallest absolute Gasteiger partial charge is 0.139 e. The zero-order valence-corrected chi connectivity index (χ0v) is 11.8. The number of hydrogen-bond acceptors (Lipinski definition) is 2. The lowest BCUT2D eigenvalue weighted by atomic mass is 10.0. The molecule has 1 atom stereocenters. The molecule has 0 spiro atoms. The van der Waals surface area contributed by atoms with Gasteiger partial charge >= 0.3 is 0 Å². The summed E-state index contributed by atoms with van der Waals surface area (Å²) in [5.74, 6) is 0.312. The molecule has 94 valence electrons. The largest absolute Gasteiger partial charge is 0.397 e. The molecule has 2 nitrogen and oxygen atoms in total. The van der Waals surface area contributed by atoms with Crippen molar-refractivity contribution < 1.29 is 4.39 Å². The van der Waals surface area contributed by atoms with Crippen LogP contribution in [0.3, 0.4) is 0 Å². The van der Waals surface area contributed by atoms with Crippen LogP contribution in [-0.2, 0) is 0 Å². The van der Waals surface area contributed by atoms with Gasteiger partial charge in [-0.15, -0.1) is 0 Å². The summed E-state index contributed by atoms with van der Waals surface area (Å²) in [7, 11) is 0. The average molecular weight is 301 g/mol. The lowest BCUT2D eigenvalue weighted by molar-refractivity contribution is 0.491. The third-order valence-electron chi connectivity index (χ3n) is 3.45. The minimum atomic E-state index is -0.247. The van der Waals surface area contributed by atoms with Gasteiger partial charge in [0, 0.05) is 18.7 Å². The van der Waals surface area contributed by atoms with E-state index < -0.39 is 0 Å². The minimum absolute atomic E-state index is 0.247. The Morgan fingerprint density at radius 1 is 1.47 bits per heavy atom. The summed E-state index contributed by atoms with van der Waals surface area (Å²) in [5.41, 5.74) is 7.47. The van der Waals surface area contributed by atoms with Crippen LogP contribution in [0.15, 0.2) is 16.6 Å². The van der Waals surface area contributed by atoms with Gasteiger partial charge in [0.25, 0.3) is 0 Å². The number of rotatable bonds is 2. The van der Waals surface area contributed by atoms with E-state index in [1.165, 1.54) is 0 Å². The van der Waals surface area contributed by atoms with Crippen LogP contribution < -0.4 is 10.6 Å². The molecule has 0 saturated carbocycles. The van der Waals surface area contributed by atoms with Crippen LogP contribution in [0.2, 0.25) is 0 Å². The average Bonchev–Trinajstić information content (AvgIpc) is 2.72. The highest BCUT2D eigenvalue weighted by Crippen LogP contribution is 2.35. The normalized spacial score (nSPS) is 20.3. The van der Waals surface area contributed by atoms with Crippen LogP contribution in [0.1, 0.15) is 26.7 Å². The van der Waals surface area contributed by atoms with Gasteiger partial charge in [0.1, 0.15) is 5.82 Å². The standard InChI is InChI=1S/C13H18BrFN2/c1-8(2)12-4-3-5-17(12)13-7-10(15)9(14)6-11(13)16/h6-8,12H,3-5,16H2,1-2H3. The Hall–Kier alpha value is -0.770. The number of benzene rings is 1. The van der Waals surface area contributed by atoms with E-state index in [1.807, 2.05) is 0 Å². The molecule has 0 aliphatic carbocycles. The van der Waals surface area contributed by atoms with E-state index in [9.17, 15) is 4.39 Å². The summed E-state index contributed by atoms with van der Waals surface area (Å²) >= 11 is 3.16. The summed E-state index contributed by atoms with van der Waals surface area (Å²) in [6.45, 7) is 5.37. The van der Waals surface area contributed by atoms with Crippen LogP contribution >= 0.6 is 15.9 Å². The molecule has 2 rings (SSSR count). The van der Waals surface area contributed by atoms with Crippen LogP contribution in [0.25, 0.3) is 0 Å². The molecule has 1 aromatic rings. The molecule has 1 aromatic carbocycles. The first-order valence-corrected chi connectivity index (χ1v) is 6.81. The van der Waals surface area contributed by atoms with Crippen molar-refractivity contribution in [1.82, 2.24) is 0 Å². The summed E-state index contributed by atoms with van der Waals surface area (Å²) < 4.78 is 14.0. The SMILES string of the molecule is CC(C)C1CCCN1c1cc(F)c(Br)cc1N. The van der Waals surface area contributed by atoms with Gasteiger partial charge in [0.2, 0.25) is 0 Å². The van der Waals surface area contributed by atoms with Gasteiger partial charge in [-0.05, 0) is 40.8 Å². The van der Waals surface area contributed by atoms with E-state index in [1.54, 1.807) is 12.1 Å². The highest BCUT2D eigenvalue weighted by molar-refractivity contribution is 9.10. The van der Waals surface area contributed by atoms with Crippen molar-refractivity contribution in [3.63, 3.8) is 0 Å². The van der Waals surface area contributed by atoms with E-state index in [2.05, 4.69) is 34.7 Å². The van der Waals surface area contributed by atoms with Gasteiger partial charge in [0.05, 0.1) is 15.8 Å². The molecule has 0 bridgehead atoms. The number of nitrogen functional groups attached to an aromatic ring is 1. The summed E-state index contributed by atoms with van der Waals surface area (Å²) in [4.78, 5) is 2.25. The molecule has 1 saturated heterocycles. The predicted molar refractivity (Wildman–Crippen MR) is 73.7 cm³/mol. The first-order valence-electron chi connectivity index (χ1n) is 6.02. The summed E-state index contributed by atoms with van der Waals surface area (Å²) in [5, 5.41) is 0. The van der Waals surface area contributed by atoms with Gasteiger partial charge in [-0.2, -0.15) is 0 Å². The van der Waals surface area contributed by atoms with E-state index in [4.69, 9.17) is 5.73 Å². The van der Waals surface area contributed by atoms with E-state index in [-0.39, 0.29) is 5.82 Å². The predicted octanol–water partition coefficient (Wildman–Crippen LogP) is 3.80. The molecule has 17 heavy (non-hydrogen) atoms. The monoisotopic (exact) mass is 300 g/mol. The van der Waals surface area contributed by atoms with Gasteiger partial charge in [-0.25, -0.2) is 4.39 Å². The number of hydrogen-bond donors (Lipinski definition) is 1. The fourth-order valence-corrected chi connectivity index (χ4v) is 2.95. The first kappa shape index (κ1) is 12.7. The fourth-order valence-electron chi connectivity index (χ4n) is 2.59. The molecule has 1 fully saturated rings. The Kier molecular flexibility index (Phi) is 3.61. The van der Waals surface area contributed by atoms with Gasteiger partial charge in [-0.1, -0.05) is 13.8 Å². The molecule has 4 heteroatoms. The van der Waals surface area contributed by atoms with Crippen LogP contribution in [0.4, 0.5) is 15.8 Å². The zero-order valence-electron chi connectivity index (χ0n) is 10.2.